The number of likely N-dealkylation sites (tertiary alicyclic amines) is 2. The van der Waals surface area contributed by atoms with Crippen molar-refractivity contribution >= 4 is 53.2 Å². The number of amides is 6. The number of ketones is 1. The maximum atomic E-state index is 14.9. The Bertz CT molecular complexity index is 2320. The summed E-state index contributed by atoms with van der Waals surface area (Å²) in [5.41, 5.74) is -1.03. The monoisotopic (exact) mass is 972 g/mol. The van der Waals surface area contributed by atoms with Gasteiger partial charge in [-0.1, -0.05) is 64.3 Å². The second kappa shape index (κ2) is 23.8. The molecule has 0 unspecified atom stereocenters. The molecular formula is C51H69N7O12. The van der Waals surface area contributed by atoms with Crippen molar-refractivity contribution in [3.8, 4) is 5.75 Å². The van der Waals surface area contributed by atoms with E-state index in [0.29, 0.717) is 25.7 Å². The molecule has 70 heavy (non-hydrogen) atoms. The van der Waals surface area contributed by atoms with Crippen LogP contribution >= 0.6 is 0 Å². The van der Waals surface area contributed by atoms with Crippen LogP contribution in [0.3, 0.4) is 0 Å². The molecule has 0 spiro atoms. The summed E-state index contributed by atoms with van der Waals surface area (Å²) >= 11 is 0. The van der Waals surface area contributed by atoms with Gasteiger partial charge in [0.05, 0.1) is 30.8 Å². The van der Waals surface area contributed by atoms with Crippen LogP contribution in [0.25, 0.3) is 0 Å². The standard InChI is InChI=1S/C51H69N7O12/c1-30-16-14-17-31(2)41(30)70-29-32(3)53-49(68)51(7)23-15-25-58(51)46(64)40(33-18-10-9-11-19-33)55-45(63)38-26-34(59)28-57(38)47(65)42(50(4,5)6)56-44(62)37(20-12-13-21-39(60)69-8)54-43(61)36-27-52-24-22-35(36)48(66)67/h13-14,16-17,21-22,24,27,32-33,37-38,40,42H,9-12,15,18-20,23,25-26,28-29H2,1-8H3,(H,53,68)(H,54,61)(H,55,63)(H,56,62)(H,66,67)/b21-13+/t32-,37+,38+,40+,42-,51+/m1/s1. The van der Waals surface area contributed by atoms with Gasteiger partial charge in [-0.2, -0.15) is 0 Å². The lowest BCUT2D eigenvalue weighted by Crippen LogP contribution is -2.64. The molecule has 19 heteroatoms. The van der Waals surface area contributed by atoms with Crippen molar-refractivity contribution in [2.24, 2.45) is 11.3 Å². The van der Waals surface area contributed by atoms with Crippen LogP contribution in [0.1, 0.15) is 131 Å². The number of methoxy groups -OCH3 is 1. The topological polar surface area (TPSA) is 260 Å². The van der Waals surface area contributed by atoms with E-state index in [4.69, 9.17) is 4.74 Å². The van der Waals surface area contributed by atoms with Gasteiger partial charge >= 0.3 is 11.9 Å². The minimum Gasteiger partial charge on any atom is -0.491 e. The molecule has 1 aromatic carbocycles. The number of hydrogen-bond donors (Lipinski definition) is 5. The highest BCUT2D eigenvalue weighted by Crippen LogP contribution is 2.35. The van der Waals surface area contributed by atoms with Crippen LogP contribution in [-0.2, 0) is 38.3 Å². The molecule has 2 aromatic rings. The first-order chi connectivity index (χ1) is 33.1. The second-order valence-electron chi connectivity index (χ2n) is 19.9. The lowest BCUT2D eigenvalue weighted by Gasteiger charge is -2.40. The van der Waals surface area contributed by atoms with E-state index >= 15 is 0 Å². The van der Waals surface area contributed by atoms with Crippen molar-refractivity contribution in [3.63, 3.8) is 0 Å². The van der Waals surface area contributed by atoms with Gasteiger partial charge in [-0.25, -0.2) is 9.59 Å². The third-order valence-corrected chi connectivity index (χ3v) is 13.5. The van der Waals surface area contributed by atoms with E-state index in [0.717, 1.165) is 59.4 Å². The molecule has 0 bridgehead atoms. The number of carbonyl (C=O) groups excluding carboxylic acids is 8. The molecule has 5 rings (SSSR count). The molecule has 1 saturated carbocycles. The van der Waals surface area contributed by atoms with Gasteiger partial charge in [-0.15, -0.1) is 0 Å². The molecule has 5 N–H and O–H groups in total. The Labute approximate surface area is 409 Å². The summed E-state index contributed by atoms with van der Waals surface area (Å²) < 4.78 is 10.7. The highest BCUT2D eigenvalue weighted by molar-refractivity contribution is 6.06. The SMILES string of the molecule is COC(=O)/C=C/CC[C@H](NC(=O)c1cnccc1C(=O)O)C(=O)N[C@H](C(=O)N1CC(=O)C[C@H]1C(=O)N[C@H](C(=O)N1CCC[C@@]1(C)C(=O)N[C@H](C)COc1c(C)cccc1C)C1CCCCC1)C(C)(C)C. The maximum Gasteiger partial charge on any atom is 0.336 e. The molecule has 3 aliphatic rings. The molecule has 2 aliphatic heterocycles. The maximum absolute atomic E-state index is 14.9. The van der Waals surface area contributed by atoms with Crippen molar-refractivity contribution in [3.05, 3.63) is 71.1 Å². The van der Waals surface area contributed by atoms with Crippen LogP contribution in [-0.4, -0.2) is 136 Å². The Balaban J connectivity index is 1.35. The summed E-state index contributed by atoms with van der Waals surface area (Å²) in [4.78, 5) is 129. The summed E-state index contributed by atoms with van der Waals surface area (Å²) in [5.74, 6) is -6.04. The fraction of sp³-hybridized carbons (Fsp3) is 0.569. The van der Waals surface area contributed by atoms with Gasteiger partial charge in [-0.3, -0.25) is 38.5 Å². The van der Waals surface area contributed by atoms with Gasteiger partial charge in [0, 0.05) is 31.4 Å². The number of benzene rings is 1. The van der Waals surface area contributed by atoms with Gasteiger partial charge in [0.1, 0.15) is 42.1 Å². The molecular weight excluding hydrogens is 903 g/mol. The normalized spacial score (nSPS) is 20.2. The lowest BCUT2D eigenvalue weighted by molar-refractivity contribution is -0.149. The largest absolute Gasteiger partial charge is 0.491 e. The minimum absolute atomic E-state index is 0.0632. The van der Waals surface area contributed by atoms with Gasteiger partial charge < -0.3 is 45.6 Å². The summed E-state index contributed by atoms with van der Waals surface area (Å²) in [5, 5.41) is 21.0. The number of nitrogens with one attached hydrogen (secondary N) is 4. The van der Waals surface area contributed by atoms with Gasteiger partial charge in [0.2, 0.25) is 29.5 Å². The molecule has 19 nitrogen and oxygen atoms in total. The average molecular weight is 972 g/mol. The van der Waals surface area contributed by atoms with E-state index in [1.165, 1.54) is 19.4 Å². The number of aryl methyl sites for hydroxylation is 2. The zero-order valence-electron chi connectivity index (χ0n) is 41.6. The number of allylic oxidation sites excluding steroid dienone is 1. The second-order valence-corrected chi connectivity index (χ2v) is 19.9. The van der Waals surface area contributed by atoms with Crippen LogP contribution in [0.2, 0.25) is 0 Å². The number of aromatic nitrogens is 1. The zero-order chi connectivity index (χ0) is 51.5. The molecule has 1 aliphatic carbocycles. The molecule has 2 saturated heterocycles. The number of carbonyl (C=O) groups is 9. The number of nitrogens with zero attached hydrogens (tertiary/aromatic N) is 3. The number of hydrogen-bond acceptors (Lipinski definition) is 12. The number of aromatic carboxylic acids is 1. The first kappa shape index (κ1) is 54.3. The van der Waals surface area contributed by atoms with Crippen molar-refractivity contribution in [1.29, 1.82) is 0 Å². The summed E-state index contributed by atoms with van der Waals surface area (Å²) in [6.07, 6.45) is 9.23. The van der Waals surface area contributed by atoms with Crippen LogP contribution < -0.4 is 26.0 Å². The fourth-order valence-electron chi connectivity index (χ4n) is 9.47. The van der Waals surface area contributed by atoms with E-state index in [2.05, 4.69) is 31.0 Å². The Morgan fingerprint density at radius 3 is 2.26 bits per heavy atom. The minimum atomic E-state index is -1.40. The third-order valence-electron chi connectivity index (χ3n) is 13.5. The molecule has 6 atom stereocenters. The Morgan fingerprint density at radius 2 is 1.61 bits per heavy atom. The molecule has 380 valence electrons. The molecule has 6 amide bonds. The number of ether oxygens (including phenoxy) is 2. The predicted molar refractivity (Wildman–Crippen MR) is 256 cm³/mol. The Morgan fingerprint density at radius 1 is 0.929 bits per heavy atom. The van der Waals surface area contributed by atoms with Crippen molar-refractivity contribution in [2.75, 3.05) is 26.8 Å². The van der Waals surface area contributed by atoms with Crippen molar-refractivity contribution < 1.29 is 57.7 Å². The number of Topliss-reactive ketones (excluding diaryl/α,β-unsaturated/α-hetero) is 1. The van der Waals surface area contributed by atoms with Crippen LogP contribution in [0.15, 0.2) is 48.8 Å². The number of carboxylic acid groups (broad SMARTS) is 1. The van der Waals surface area contributed by atoms with E-state index in [1.54, 1.807) is 32.6 Å². The van der Waals surface area contributed by atoms with Crippen molar-refractivity contribution in [2.45, 2.75) is 148 Å². The van der Waals surface area contributed by atoms with E-state index in [9.17, 15) is 48.3 Å². The van der Waals surface area contributed by atoms with Gasteiger partial charge in [-0.05, 0) is 94.7 Å². The van der Waals surface area contributed by atoms with E-state index in [1.807, 2.05) is 39.0 Å². The number of carboxylic acids is 1. The van der Waals surface area contributed by atoms with Gasteiger partial charge in [0.15, 0.2) is 5.78 Å². The Kier molecular flexibility index (Phi) is 18.4. The van der Waals surface area contributed by atoms with Crippen LogP contribution in [0, 0.1) is 25.2 Å². The Hall–Kier alpha value is -6.66. The average Bonchev–Trinajstić information content (AvgIpc) is 3.92. The zero-order valence-corrected chi connectivity index (χ0v) is 41.6. The number of para-hydroxylation sites is 1. The molecule has 3 heterocycles. The van der Waals surface area contributed by atoms with Crippen LogP contribution in [0.5, 0.6) is 5.75 Å². The smallest absolute Gasteiger partial charge is 0.336 e. The van der Waals surface area contributed by atoms with E-state index < -0.39 is 95.0 Å². The third kappa shape index (κ3) is 13.4. The van der Waals surface area contributed by atoms with E-state index in [-0.39, 0.29) is 55.4 Å². The van der Waals surface area contributed by atoms with Crippen molar-refractivity contribution in [1.82, 2.24) is 36.1 Å². The quantitative estimate of drug-likeness (QED) is 0.0995. The number of pyridine rings is 1. The highest BCUT2D eigenvalue weighted by atomic mass is 16.5. The number of rotatable bonds is 19. The first-order valence-corrected chi connectivity index (χ1v) is 24.0. The molecule has 1 aromatic heterocycles. The fourth-order valence-corrected chi connectivity index (χ4v) is 9.47. The molecule has 0 radical (unpaired) electrons. The lowest BCUT2D eigenvalue weighted by atomic mass is 9.82. The predicted octanol–water partition coefficient (Wildman–Crippen LogP) is 3.74. The number of esters is 1. The first-order valence-electron chi connectivity index (χ1n) is 24.0. The summed E-state index contributed by atoms with van der Waals surface area (Å²) in [6.45, 7) is 12.5. The summed E-state index contributed by atoms with van der Waals surface area (Å²) in [6, 6.07) is 1.42. The molecule has 3 fully saturated rings. The highest BCUT2D eigenvalue weighted by Gasteiger charge is 2.51. The van der Waals surface area contributed by atoms with Crippen LogP contribution in [0.4, 0.5) is 0 Å². The van der Waals surface area contributed by atoms with Gasteiger partial charge in [0.25, 0.3) is 5.91 Å². The summed E-state index contributed by atoms with van der Waals surface area (Å²) in [7, 11) is 1.19.